The summed E-state index contributed by atoms with van der Waals surface area (Å²) in [6.45, 7) is 13.5. The van der Waals surface area contributed by atoms with Crippen LogP contribution in [-0.4, -0.2) is 0 Å². The van der Waals surface area contributed by atoms with Crippen LogP contribution in [0.25, 0.3) is 0 Å². The Morgan fingerprint density at radius 3 is 1.06 bits per heavy atom. The minimum absolute atomic E-state index is 0.990. The van der Waals surface area contributed by atoms with Gasteiger partial charge in [-0.05, 0) is 57.8 Å². The first-order chi connectivity index (χ1) is 8.36. The minimum atomic E-state index is 0.990. The molecule has 0 aromatic heterocycles. The van der Waals surface area contributed by atoms with Crippen LogP contribution in [0.3, 0.4) is 0 Å². The third kappa shape index (κ3) is 5.71. The van der Waals surface area contributed by atoms with Crippen molar-refractivity contribution in [1.82, 2.24) is 0 Å². The third-order valence-corrected chi connectivity index (χ3v) is 3.78. The van der Waals surface area contributed by atoms with Gasteiger partial charge in [0.15, 0.2) is 0 Å². The first-order valence-electron chi connectivity index (χ1n) is 7.41. The molecule has 102 valence electrons. The minimum Gasteiger partial charge on any atom is -0.0625 e. The summed E-state index contributed by atoms with van der Waals surface area (Å²) in [4.78, 5) is 0. The first-order valence-corrected chi connectivity index (χ1v) is 7.41. The highest BCUT2D eigenvalue weighted by Crippen LogP contribution is 2.31. The molecule has 1 aromatic carbocycles. The smallest absolute Gasteiger partial charge is 0.0398 e. The van der Waals surface area contributed by atoms with E-state index in [2.05, 4.69) is 59.7 Å². The standard InChI is InChI=1S/C9H18.C9H12/c2*1-7-4-8(2)6-9(3)5-7/h7-9H,4-6H2,1-3H3;4-6H,1-3H3. The van der Waals surface area contributed by atoms with E-state index in [0.29, 0.717) is 0 Å². The van der Waals surface area contributed by atoms with Gasteiger partial charge in [0.25, 0.3) is 0 Å². The van der Waals surface area contributed by atoms with Gasteiger partial charge in [-0.2, -0.15) is 0 Å². The molecule has 0 saturated heterocycles. The van der Waals surface area contributed by atoms with E-state index in [1.807, 2.05) is 0 Å². The zero-order valence-corrected chi connectivity index (χ0v) is 13.1. The molecule has 1 saturated carbocycles. The lowest BCUT2D eigenvalue weighted by atomic mass is 9.78. The largest absolute Gasteiger partial charge is 0.0625 e. The van der Waals surface area contributed by atoms with Crippen LogP contribution in [0.15, 0.2) is 18.2 Å². The topological polar surface area (TPSA) is 0 Å². The maximum atomic E-state index is 2.38. The number of rotatable bonds is 0. The van der Waals surface area contributed by atoms with E-state index in [4.69, 9.17) is 0 Å². The fourth-order valence-electron chi connectivity index (χ4n) is 3.55. The molecule has 0 heterocycles. The molecule has 0 spiro atoms. The monoisotopic (exact) mass is 246 g/mol. The molecule has 1 fully saturated rings. The zero-order valence-electron chi connectivity index (χ0n) is 13.1. The second kappa shape index (κ2) is 6.97. The summed E-state index contributed by atoms with van der Waals surface area (Å²) >= 11 is 0. The highest BCUT2D eigenvalue weighted by Gasteiger charge is 2.19. The second-order valence-electron chi connectivity index (χ2n) is 6.69. The summed E-state index contributed by atoms with van der Waals surface area (Å²) in [6, 6.07) is 6.56. The van der Waals surface area contributed by atoms with Gasteiger partial charge in [-0.25, -0.2) is 0 Å². The number of hydrogen-bond acceptors (Lipinski definition) is 0. The SMILES string of the molecule is CC1CC(C)CC(C)C1.Cc1cc(C)cc(C)c1. The Labute approximate surface area is 114 Å². The third-order valence-electron chi connectivity index (χ3n) is 3.78. The zero-order chi connectivity index (χ0) is 13.7. The summed E-state index contributed by atoms with van der Waals surface area (Å²) < 4.78 is 0. The molecule has 0 atom stereocenters. The molecule has 18 heavy (non-hydrogen) atoms. The lowest BCUT2D eigenvalue weighted by Gasteiger charge is -2.28. The molecule has 0 amide bonds. The summed E-state index contributed by atoms with van der Waals surface area (Å²) in [5, 5.41) is 0. The molecule has 0 bridgehead atoms. The molecule has 0 unspecified atom stereocenters. The van der Waals surface area contributed by atoms with Crippen molar-refractivity contribution >= 4 is 0 Å². The Hall–Kier alpha value is -0.780. The number of aryl methyl sites for hydroxylation is 3. The van der Waals surface area contributed by atoms with Gasteiger partial charge in [0, 0.05) is 0 Å². The van der Waals surface area contributed by atoms with E-state index in [9.17, 15) is 0 Å². The van der Waals surface area contributed by atoms with E-state index in [1.165, 1.54) is 36.0 Å². The molecule has 0 radical (unpaired) electrons. The maximum Gasteiger partial charge on any atom is -0.0398 e. The summed E-state index contributed by atoms with van der Waals surface area (Å²) in [6.07, 6.45) is 4.39. The highest BCUT2D eigenvalue weighted by molar-refractivity contribution is 5.27. The van der Waals surface area contributed by atoms with E-state index in [-0.39, 0.29) is 0 Å². The van der Waals surface area contributed by atoms with Crippen LogP contribution in [0.5, 0.6) is 0 Å². The quantitative estimate of drug-likeness (QED) is 0.551. The number of hydrogen-bond donors (Lipinski definition) is 0. The van der Waals surface area contributed by atoms with Crippen LogP contribution in [-0.2, 0) is 0 Å². The van der Waals surface area contributed by atoms with Gasteiger partial charge in [0.2, 0.25) is 0 Å². The molecular weight excluding hydrogens is 216 g/mol. The molecule has 0 nitrogen and oxygen atoms in total. The molecule has 0 heteroatoms. The molecule has 1 aliphatic carbocycles. The van der Waals surface area contributed by atoms with Crippen molar-refractivity contribution in [1.29, 1.82) is 0 Å². The average Bonchev–Trinajstić information content (AvgIpc) is 2.12. The predicted octanol–water partition coefficient (Wildman–Crippen LogP) is 5.69. The maximum absolute atomic E-state index is 2.38. The Morgan fingerprint density at radius 1 is 0.611 bits per heavy atom. The van der Waals surface area contributed by atoms with Crippen LogP contribution in [0.1, 0.15) is 56.7 Å². The lowest BCUT2D eigenvalue weighted by molar-refractivity contribution is 0.233. The summed E-state index contributed by atoms with van der Waals surface area (Å²) in [5.41, 5.74) is 4.06. The molecular formula is C18H30. The molecule has 0 N–H and O–H groups in total. The predicted molar refractivity (Wildman–Crippen MR) is 82.0 cm³/mol. The van der Waals surface area contributed by atoms with Gasteiger partial charge < -0.3 is 0 Å². The van der Waals surface area contributed by atoms with Gasteiger partial charge in [-0.1, -0.05) is 55.7 Å². The van der Waals surface area contributed by atoms with Crippen LogP contribution >= 0.6 is 0 Å². The van der Waals surface area contributed by atoms with Crippen molar-refractivity contribution in [3.63, 3.8) is 0 Å². The van der Waals surface area contributed by atoms with Gasteiger partial charge >= 0.3 is 0 Å². The average molecular weight is 246 g/mol. The lowest BCUT2D eigenvalue weighted by Crippen LogP contribution is -2.16. The van der Waals surface area contributed by atoms with E-state index in [0.717, 1.165) is 17.8 Å². The van der Waals surface area contributed by atoms with Crippen molar-refractivity contribution in [2.75, 3.05) is 0 Å². The van der Waals surface area contributed by atoms with Crippen molar-refractivity contribution in [2.24, 2.45) is 17.8 Å². The summed E-state index contributed by atoms with van der Waals surface area (Å²) in [5.74, 6) is 2.97. The van der Waals surface area contributed by atoms with Crippen molar-refractivity contribution in [3.05, 3.63) is 34.9 Å². The van der Waals surface area contributed by atoms with Crippen LogP contribution < -0.4 is 0 Å². The van der Waals surface area contributed by atoms with E-state index < -0.39 is 0 Å². The molecule has 2 rings (SSSR count). The fraction of sp³-hybridized carbons (Fsp3) is 0.667. The second-order valence-corrected chi connectivity index (χ2v) is 6.69. The number of benzene rings is 1. The Morgan fingerprint density at radius 2 is 0.833 bits per heavy atom. The van der Waals surface area contributed by atoms with Crippen LogP contribution in [0, 0.1) is 38.5 Å². The van der Waals surface area contributed by atoms with Gasteiger partial charge in [0.05, 0.1) is 0 Å². The van der Waals surface area contributed by atoms with Gasteiger partial charge in [-0.3, -0.25) is 0 Å². The first kappa shape index (κ1) is 15.3. The fourth-order valence-corrected chi connectivity index (χ4v) is 3.55. The Balaban J connectivity index is 0.000000180. The van der Waals surface area contributed by atoms with E-state index in [1.54, 1.807) is 0 Å². The Bertz CT molecular complexity index is 289. The van der Waals surface area contributed by atoms with Crippen LogP contribution in [0.4, 0.5) is 0 Å². The molecule has 0 aliphatic heterocycles. The molecule has 1 aliphatic rings. The van der Waals surface area contributed by atoms with E-state index >= 15 is 0 Å². The van der Waals surface area contributed by atoms with Crippen LogP contribution in [0.2, 0.25) is 0 Å². The van der Waals surface area contributed by atoms with Crippen molar-refractivity contribution in [2.45, 2.75) is 60.8 Å². The normalized spacial score (nSPS) is 27.3. The highest BCUT2D eigenvalue weighted by atomic mass is 14.3. The van der Waals surface area contributed by atoms with Crippen molar-refractivity contribution < 1.29 is 0 Å². The molecule has 1 aromatic rings. The van der Waals surface area contributed by atoms with Gasteiger partial charge in [0.1, 0.15) is 0 Å². The van der Waals surface area contributed by atoms with Crippen molar-refractivity contribution in [3.8, 4) is 0 Å². The van der Waals surface area contributed by atoms with Gasteiger partial charge in [-0.15, -0.1) is 0 Å². The summed E-state index contributed by atoms with van der Waals surface area (Å²) in [7, 11) is 0. The Kier molecular flexibility index (Phi) is 5.91.